The van der Waals surface area contributed by atoms with Crippen LogP contribution in [0.1, 0.15) is 18.4 Å². The van der Waals surface area contributed by atoms with Gasteiger partial charge in [-0.15, -0.1) is 0 Å². The number of sulfonamides is 1. The lowest BCUT2D eigenvalue weighted by atomic mass is 10.1. The highest BCUT2D eigenvalue weighted by molar-refractivity contribution is 7.92. The van der Waals surface area contributed by atoms with Gasteiger partial charge in [-0.25, -0.2) is 8.42 Å². The predicted molar refractivity (Wildman–Crippen MR) is 117 cm³/mol. The minimum absolute atomic E-state index is 0.111. The van der Waals surface area contributed by atoms with Crippen LogP contribution in [0, 0.1) is 0 Å². The molecule has 0 saturated carbocycles. The maximum Gasteiger partial charge on any atom is 0.232 e. The molecule has 7 nitrogen and oxygen atoms in total. The molecule has 2 aromatic carbocycles. The number of nitrogens with zero attached hydrogens (tertiary/aromatic N) is 1. The number of halogens is 1. The maximum absolute atomic E-state index is 12.3. The van der Waals surface area contributed by atoms with Crippen LogP contribution in [0.15, 0.2) is 42.5 Å². The topological polar surface area (TPSA) is 84.9 Å². The fourth-order valence-corrected chi connectivity index (χ4v) is 4.23. The molecule has 0 unspecified atom stereocenters. The Labute approximate surface area is 182 Å². The Kier molecular flexibility index (Phi) is 7.44. The molecule has 1 aliphatic heterocycles. The molecule has 0 radical (unpaired) electrons. The van der Waals surface area contributed by atoms with Crippen LogP contribution < -0.4 is 19.1 Å². The molecule has 30 heavy (non-hydrogen) atoms. The average molecular weight is 453 g/mol. The summed E-state index contributed by atoms with van der Waals surface area (Å²) in [6.45, 7) is 1.60. The van der Waals surface area contributed by atoms with Crippen LogP contribution in [-0.4, -0.2) is 46.9 Å². The number of nitrogens with one attached hydrogen (secondary N) is 1. The van der Waals surface area contributed by atoms with Crippen molar-refractivity contribution in [3.8, 4) is 11.5 Å². The third-order valence-electron chi connectivity index (χ3n) is 4.63. The fraction of sp³-hybridized carbons (Fsp3) is 0.381. The first kappa shape index (κ1) is 22.2. The Morgan fingerprint density at radius 1 is 1.10 bits per heavy atom. The SMILES string of the molecule is CS(=O)(=O)N(CCCC(=O)NCCc1ccc(Cl)cc1)c1ccc2c(c1)OCCO2. The molecule has 0 saturated heterocycles. The highest BCUT2D eigenvalue weighted by Gasteiger charge is 2.21. The molecule has 9 heteroatoms. The summed E-state index contributed by atoms with van der Waals surface area (Å²) in [4.78, 5) is 12.1. The number of amides is 1. The van der Waals surface area contributed by atoms with Crippen LogP contribution in [0.4, 0.5) is 5.69 Å². The quantitative estimate of drug-likeness (QED) is 0.632. The Balaban J connectivity index is 1.50. The van der Waals surface area contributed by atoms with E-state index in [0.717, 1.165) is 11.8 Å². The van der Waals surface area contributed by atoms with Crippen LogP contribution >= 0.6 is 11.6 Å². The molecule has 2 aromatic rings. The summed E-state index contributed by atoms with van der Waals surface area (Å²) in [5.41, 5.74) is 1.58. The Bertz CT molecular complexity index is 979. The molecule has 1 heterocycles. The first-order valence-electron chi connectivity index (χ1n) is 9.71. The number of carbonyl (C=O) groups is 1. The van der Waals surface area contributed by atoms with Crippen molar-refractivity contribution in [3.05, 3.63) is 53.1 Å². The number of benzene rings is 2. The van der Waals surface area contributed by atoms with Gasteiger partial charge in [0.05, 0.1) is 11.9 Å². The molecule has 0 bridgehead atoms. The van der Waals surface area contributed by atoms with Crippen LogP contribution in [-0.2, 0) is 21.2 Å². The third kappa shape index (κ3) is 6.27. The van der Waals surface area contributed by atoms with Crippen molar-refractivity contribution in [2.24, 2.45) is 0 Å². The molecular weight excluding hydrogens is 428 g/mol. The van der Waals surface area contributed by atoms with E-state index in [1.165, 1.54) is 4.31 Å². The zero-order valence-electron chi connectivity index (χ0n) is 16.8. The van der Waals surface area contributed by atoms with E-state index in [1.807, 2.05) is 24.3 Å². The van der Waals surface area contributed by atoms with E-state index in [9.17, 15) is 13.2 Å². The number of hydrogen-bond acceptors (Lipinski definition) is 5. The Morgan fingerprint density at radius 3 is 2.50 bits per heavy atom. The van der Waals surface area contributed by atoms with Crippen molar-refractivity contribution in [2.75, 3.05) is 36.9 Å². The number of hydrogen-bond donors (Lipinski definition) is 1. The maximum atomic E-state index is 12.3. The van der Waals surface area contributed by atoms with Gasteiger partial charge in [-0.1, -0.05) is 23.7 Å². The molecule has 0 aliphatic carbocycles. The fourth-order valence-electron chi connectivity index (χ4n) is 3.14. The summed E-state index contributed by atoms with van der Waals surface area (Å²) in [7, 11) is -3.50. The van der Waals surface area contributed by atoms with E-state index < -0.39 is 10.0 Å². The lowest BCUT2D eigenvalue weighted by Gasteiger charge is -2.25. The van der Waals surface area contributed by atoms with Gasteiger partial charge in [-0.05, 0) is 42.7 Å². The van der Waals surface area contributed by atoms with Crippen molar-refractivity contribution in [3.63, 3.8) is 0 Å². The molecule has 1 N–H and O–H groups in total. The minimum atomic E-state index is -3.50. The van der Waals surface area contributed by atoms with Crippen molar-refractivity contribution < 1.29 is 22.7 Å². The minimum Gasteiger partial charge on any atom is -0.486 e. The monoisotopic (exact) mass is 452 g/mol. The molecule has 1 aliphatic rings. The molecule has 0 atom stereocenters. The summed E-state index contributed by atoms with van der Waals surface area (Å²) in [5.74, 6) is 1.01. The Hall–Kier alpha value is -2.45. The molecule has 162 valence electrons. The standard InChI is InChI=1S/C21H25ClN2O5S/c1-30(26,27)24(18-8-9-19-20(15-18)29-14-13-28-19)12-2-3-21(25)23-11-10-16-4-6-17(22)7-5-16/h4-9,15H,2-3,10-14H2,1H3,(H,23,25). The summed E-state index contributed by atoms with van der Waals surface area (Å²) in [5, 5.41) is 3.54. The third-order valence-corrected chi connectivity index (χ3v) is 6.07. The van der Waals surface area contributed by atoms with E-state index in [1.54, 1.807) is 18.2 Å². The van der Waals surface area contributed by atoms with Crippen LogP contribution in [0.5, 0.6) is 11.5 Å². The number of ether oxygens (including phenoxy) is 2. The highest BCUT2D eigenvalue weighted by Crippen LogP contribution is 2.34. The first-order valence-corrected chi connectivity index (χ1v) is 11.9. The van der Waals surface area contributed by atoms with Gasteiger partial charge in [0.2, 0.25) is 15.9 Å². The van der Waals surface area contributed by atoms with Gasteiger partial charge in [-0.3, -0.25) is 9.10 Å². The smallest absolute Gasteiger partial charge is 0.232 e. The van der Waals surface area contributed by atoms with Gasteiger partial charge < -0.3 is 14.8 Å². The lowest BCUT2D eigenvalue weighted by Crippen LogP contribution is -2.32. The lowest BCUT2D eigenvalue weighted by molar-refractivity contribution is -0.121. The zero-order chi connectivity index (χ0) is 21.6. The highest BCUT2D eigenvalue weighted by atomic mass is 35.5. The van der Waals surface area contributed by atoms with Crippen molar-refractivity contribution in [1.29, 1.82) is 0 Å². The second-order valence-electron chi connectivity index (χ2n) is 6.99. The van der Waals surface area contributed by atoms with Gasteiger partial charge in [0.25, 0.3) is 0 Å². The number of fused-ring (bicyclic) bond motifs is 1. The Morgan fingerprint density at radius 2 is 1.80 bits per heavy atom. The first-order chi connectivity index (χ1) is 14.3. The average Bonchev–Trinajstić information content (AvgIpc) is 2.71. The van der Waals surface area contributed by atoms with E-state index in [-0.39, 0.29) is 18.9 Å². The number of carbonyl (C=O) groups excluding carboxylic acids is 1. The van der Waals surface area contributed by atoms with Crippen LogP contribution in [0.2, 0.25) is 5.02 Å². The predicted octanol–water partition coefficient (Wildman–Crippen LogP) is 3.02. The summed E-state index contributed by atoms with van der Waals surface area (Å²) >= 11 is 5.86. The van der Waals surface area contributed by atoms with Gasteiger partial charge in [0.1, 0.15) is 13.2 Å². The zero-order valence-corrected chi connectivity index (χ0v) is 18.3. The number of rotatable bonds is 9. The molecule has 1 amide bonds. The summed E-state index contributed by atoms with van der Waals surface area (Å²) < 4.78 is 36.8. The van der Waals surface area contributed by atoms with Crippen LogP contribution in [0.3, 0.4) is 0 Å². The molecule has 0 fully saturated rings. The van der Waals surface area contributed by atoms with Crippen molar-refractivity contribution in [1.82, 2.24) is 5.32 Å². The van der Waals surface area contributed by atoms with E-state index in [0.29, 0.717) is 54.8 Å². The largest absolute Gasteiger partial charge is 0.486 e. The van der Waals surface area contributed by atoms with Crippen molar-refractivity contribution >= 4 is 33.2 Å². The van der Waals surface area contributed by atoms with Gasteiger partial charge in [-0.2, -0.15) is 0 Å². The van der Waals surface area contributed by atoms with Crippen LogP contribution in [0.25, 0.3) is 0 Å². The second-order valence-corrected chi connectivity index (χ2v) is 9.34. The molecule has 0 aromatic heterocycles. The van der Waals surface area contributed by atoms with Gasteiger partial charge in [0.15, 0.2) is 11.5 Å². The normalized spacial score (nSPS) is 13.0. The summed E-state index contributed by atoms with van der Waals surface area (Å²) in [6, 6.07) is 12.5. The van der Waals surface area contributed by atoms with E-state index >= 15 is 0 Å². The van der Waals surface area contributed by atoms with Gasteiger partial charge >= 0.3 is 0 Å². The van der Waals surface area contributed by atoms with Gasteiger partial charge in [0, 0.05) is 30.6 Å². The molecular formula is C21H25ClN2O5S. The molecule has 3 rings (SSSR count). The van der Waals surface area contributed by atoms with Crippen molar-refractivity contribution in [2.45, 2.75) is 19.3 Å². The van der Waals surface area contributed by atoms with E-state index in [4.69, 9.17) is 21.1 Å². The number of anilines is 1. The van der Waals surface area contributed by atoms with E-state index in [2.05, 4.69) is 5.32 Å². The second kappa shape index (κ2) is 10.0. The summed E-state index contributed by atoms with van der Waals surface area (Å²) in [6.07, 6.45) is 2.48. The molecule has 0 spiro atoms.